The lowest BCUT2D eigenvalue weighted by molar-refractivity contribution is -0.137. The highest BCUT2D eigenvalue weighted by molar-refractivity contribution is 7.55. The summed E-state index contributed by atoms with van der Waals surface area (Å²) in [4.78, 5) is 6.51. The first-order valence-corrected chi connectivity index (χ1v) is 9.71. The molecule has 0 bridgehead atoms. The highest BCUT2D eigenvalue weighted by Crippen LogP contribution is 2.63. The molecular formula is C16H22F3N4O3P. The maximum absolute atomic E-state index is 13.5. The number of benzene rings is 1. The molecule has 27 heavy (non-hydrogen) atoms. The number of imidazole rings is 1. The van der Waals surface area contributed by atoms with Gasteiger partial charge in [0.2, 0.25) is 0 Å². The van der Waals surface area contributed by atoms with Crippen LogP contribution in [0.1, 0.15) is 31.9 Å². The molecule has 0 spiro atoms. The van der Waals surface area contributed by atoms with Gasteiger partial charge in [-0.15, -0.1) is 0 Å². The van der Waals surface area contributed by atoms with Gasteiger partial charge in [-0.3, -0.25) is 4.57 Å². The number of anilines is 1. The van der Waals surface area contributed by atoms with Crippen LogP contribution < -0.4 is 11.5 Å². The Hall–Kier alpha value is -1.87. The van der Waals surface area contributed by atoms with Crippen LogP contribution in [0.2, 0.25) is 0 Å². The summed E-state index contributed by atoms with van der Waals surface area (Å²) in [5.74, 6) is -0.0259. The molecule has 0 saturated carbocycles. The van der Waals surface area contributed by atoms with Crippen LogP contribution in [0.25, 0.3) is 11.4 Å². The molecule has 0 amide bonds. The molecule has 1 atom stereocenters. The predicted octanol–water partition coefficient (Wildman–Crippen LogP) is 4.08. The Labute approximate surface area is 154 Å². The van der Waals surface area contributed by atoms with Gasteiger partial charge in [0.05, 0.1) is 18.8 Å². The van der Waals surface area contributed by atoms with E-state index in [1.807, 2.05) is 0 Å². The van der Waals surface area contributed by atoms with E-state index in [9.17, 15) is 17.7 Å². The van der Waals surface area contributed by atoms with E-state index in [4.69, 9.17) is 20.5 Å². The third-order valence-corrected chi connectivity index (χ3v) is 6.54. The summed E-state index contributed by atoms with van der Waals surface area (Å²) in [5.41, 5.74) is 10.6. The zero-order valence-corrected chi connectivity index (χ0v) is 16.0. The Balaban J connectivity index is 2.74. The van der Waals surface area contributed by atoms with Crippen LogP contribution in [-0.4, -0.2) is 23.2 Å². The first kappa shape index (κ1) is 21.4. The molecule has 0 radical (unpaired) electrons. The molecule has 1 aromatic carbocycles. The minimum atomic E-state index is -4.68. The molecule has 0 aliphatic carbocycles. The van der Waals surface area contributed by atoms with Gasteiger partial charge in [0.1, 0.15) is 11.1 Å². The van der Waals surface area contributed by atoms with Gasteiger partial charge in [-0.1, -0.05) is 0 Å². The Morgan fingerprint density at radius 3 is 2.22 bits per heavy atom. The highest BCUT2D eigenvalue weighted by Gasteiger charge is 2.48. The number of H-pyrrole nitrogens is 1. The third-order valence-electron chi connectivity index (χ3n) is 3.96. The van der Waals surface area contributed by atoms with E-state index >= 15 is 0 Å². The number of nitrogen functional groups attached to an aromatic ring is 1. The molecule has 5 N–H and O–H groups in total. The summed E-state index contributed by atoms with van der Waals surface area (Å²) < 4.78 is 64.2. The average molecular weight is 406 g/mol. The van der Waals surface area contributed by atoms with Crippen molar-refractivity contribution in [2.24, 2.45) is 5.73 Å². The Morgan fingerprint density at radius 2 is 1.78 bits per heavy atom. The maximum atomic E-state index is 13.5. The molecule has 0 aliphatic rings. The summed E-state index contributed by atoms with van der Waals surface area (Å²) in [5, 5.41) is -1.78. The highest BCUT2D eigenvalue weighted by atomic mass is 31.2. The molecule has 0 fully saturated rings. The monoisotopic (exact) mass is 406 g/mol. The van der Waals surface area contributed by atoms with Gasteiger partial charge in [-0.2, -0.15) is 13.2 Å². The predicted molar refractivity (Wildman–Crippen MR) is 95.8 cm³/mol. The Kier molecular flexibility index (Phi) is 6.06. The van der Waals surface area contributed by atoms with E-state index in [0.717, 1.165) is 12.1 Å². The minimum absolute atomic E-state index is 0.00660. The second-order valence-electron chi connectivity index (χ2n) is 5.90. The van der Waals surface area contributed by atoms with E-state index in [0.29, 0.717) is 0 Å². The van der Waals surface area contributed by atoms with Crippen LogP contribution in [0, 0.1) is 0 Å². The Bertz CT molecular complexity index is 828. The van der Waals surface area contributed by atoms with Crippen molar-refractivity contribution in [2.45, 2.75) is 32.2 Å². The van der Waals surface area contributed by atoms with Crippen LogP contribution in [0.3, 0.4) is 0 Å². The van der Waals surface area contributed by atoms with Crippen molar-refractivity contribution in [3.05, 3.63) is 35.7 Å². The van der Waals surface area contributed by atoms with Crippen molar-refractivity contribution in [3.63, 3.8) is 0 Å². The zero-order valence-electron chi connectivity index (χ0n) is 15.1. The van der Waals surface area contributed by atoms with Gasteiger partial charge >= 0.3 is 13.8 Å². The van der Waals surface area contributed by atoms with Crippen LogP contribution in [0.4, 0.5) is 18.9 Å². The van der Waals surface area contributed by atoms with Crippen molar-refractivity contribution < 1.29 is 26.8 Å². The molecule has 2 aromatic rings. The molecule has 7 nitrogen and oxygen atoms in total. The molecule has 11 heteroatoms. The fourth-order valence-electron chi connectivity index (χ4n) is 2.69. The summed E-state index contributed by atoms with van der Waals surface area (Å²) >= 11 is 0. The average Bonchev–Trinajstić information content (AvgIpc) is 3.08. The molecule has 0 saturated heterocycles. The molecule has 2 rings (SSSR count). The van der Waals surface area contributed by atoms with Crippen molar-refractivity contribution >= 4 is 13.3 Å². The number of rotatable bonds is 7. The van der Waals surface area contributed by atoms with Crippen LogP contribution in [0.15, 0.2) is 24.5 Å². The number of nitrogens with two attached hydrogens (primary N) is 2. The number of hydrogen-bond donors (Lipinski definition) is 3. The van der Waals surface area contributed by atoms with E-state index in [1.165, 1.54) is 19.3 Å². The summed E-state index contributed by atoms with van der Waals surface area (Å²) in [7, 11) is -3.94. The fourth-order valence-corrected chi connectivity index (χ4v) is 4.47. The molecule has 1 aromatic heterocycles. The Morgan fingerprint density at radius 1 is 1.19 bits per heavy atom. The van der Waals surface area contributed by atoms with E-state index < -0.39 is 24.6 Å². The van der Waals surface area contributed by atoms with Crippen LogP contribution in [-0.2, 0) is 25.1 Å². The number of hydrogen-bond acceptors (Lipinski definition) is 6. The summed E-state index contributed by atoms with van der Waals surface area (Å²) in [6.07, 6.45) is -1.97. The number of alkyl halides is 3. The largest absolute Gasteiger partial charge is 0.417 e. The quantitative estimate of drug-likeness (QED) is 0.471. The topological polar surface area (TPSA) is 116 Å². The molecule has 0 aliphatic heterocycles. The van der Waals surface area contributed by atoms with Gasteiger partial charge in [-0.05, 0) is 32.9 Å². The second kappa shape index (κ2) is 7.63. The second-order valence-corrected chi connectivity index (χ2v) is 8.34. The van der Waals surface area contributed by atoms with Gasteiger partial charge in [0.15, 0.2) is 0 Å². The van der Waals surface area contributed by atoms with Crippen molar-refractivity contribution in [2.75, 3.05) is 18.9 Å². The normalized spacial score (nSPS) is 14.9. The summed E-state index contributed by atoms with van der Waals surface area (Å²) in [6, 6.07) is 1.88. The third kappa shape index (κ3) is 4.03. The number of aromatic nitrogens is 2. The first-order chi connectivity index (χ1) is 12.5. The molecule has 1 unspecified atom stereocenters. The lowest BCUT2D eigenvalue weighted by Crippen LogP contribution is -2.36. The number of halogens is 3. The van der Waals surface area contributed by atoms with Gasteiger partial charge in [0.25, 0.3) is 0 Å². The van der Waals surface area contributed by atoms with Crippen LogP contribution in [0.5, 0.6) is 0 Å². The minimum Gasteiger partial charge on any atom is -0.398 e. The number of nitrogens with zero attached hydrogens (tertiary/aromatic N) is 1. The zero-order chi connectivity index (χ0) is 20.5. The van der Waals surface area contributed by atoms with Gasteiger partial charge in [0, 0.05) is 29.2 Å². The van der Waals surface area contributed by atoms with Crippen molar-refractivity contribution in [1.82, 2.24) is 9.97 Å². The maximum Gasteiger partial charge on any atom is 0.417 e. The van der Waals surface area contributed by atoms with Crippen molar-refractivity contribution in [1.29, 1.82) is 0 Å². The molecular weight excluding hydrogens is 384 g/mol. The number of aromatic amines is 1. The lowest BCUT2D eigenvalue weighted by Gasteiger charge is -2.34. The van der Waals surface area contributed by atoms with Crippen LogP contribution >= 0.6 is 7.60 Å². The first-order valence-electron chi connectivity index (χ1n) is 8.17. The molecule has 1 heterocycles. The standard InChI is InChI=1S/C16H22F3N4O3P/c1-4-25-27(24,26-5-2)15(3,21)12-8-10(14-22-6-7-23-14)11(9-13(12)20)16(17,18)19/h6-9H,4-5,20-21H2,1-3H3,(H,22,23). The summed E-state index contributed by atoms with van der Waals surface area (Å²) in [6.45, 7) is 4.63. The van der Waals surface area contributed by atoms with E-state index in [2.05, 4.69) is 9.97 Å². The van der Waals surface area contributed by atoms with Gasteiger partial charge in [-0.25, -0.2) is 4.98 Å². The van der Waals surface area contributed by atoms with E-state index in [-0.39, 0.29) is 35.9 Å². The number of nitrogens with one attached hydrogen (secondary N) is 1. The fraction of sp³-hybridized carbons (Fsp3) is 0.438. The van der Waals surface area contributed by atoms with Crippen molar-refractivity contribution in [3.8, 4) is 11.4 Å². The van der Waals surface area contributed by atoms with E-state index in [1.54, 1.807) is 13.8 Å². The van der Waals surface area contributed by atoms with Gasteiger partial charge < -0.3 is 25.5 Å². The smallest absolute Gasteiger partial charge is 0.398 e. The lowest BCUT2D eigenvalue weighted by atomic mass is 9.97. The molecule has 150 valence electrons. The SMILES string of the molecule is CCOP(=O)(OCC)C(C)(N)c1cc(-c2ncc[nH]2)c(C(F)(F)F)cc1N.